The molecule has 14 heavy (non-hydrogen) atoms. The molecule has 0 bridgehead atoms. The van der Waals surface area contributed by atoms with Crippen LogP contribution >= 0.6 is 0 Å². The second-order valence-corrected chi connectivity index (χ2v) is 5.99. The standard InChI is InChI=1S/C12H20FN/c1-9(2)12-4-3-5-14(12)8-11(7-12)6-10(11)13/h9-10H,3-8H2,1-2H3. The zero-order valence-electron chi connectivity index (χ0n) is 9.22. The molecule has 1 saturated carbocycles. The molecule has 2 aliphatic heterocycles. The van der Waals surface area contributed by atoms with E-state index in [0.717, 1.165) is 19.4 Å². The van der Waals surface area contributed by atoms with Crippen molar-refractivity contribution in [1.29, 1.82) is 0 Å². The number of rotatable bonds is 1. The Labute approximate surface area is 85.7 Å². The molecule has 80 valence electrons. The fourth-order valence-corrected chi connectivity index (χ4v) is 3.94. The smallest absolute Gasteiger partial charge is 0.108 e. The minimum atomic E-state index is -0.483. The molecule has 3 aliphatic rings. The summed E-state index contributed by atoms with van der Waals surface area (Å²) < 4.78 is 13.4. The summed E-state index contributed by atoms with van der Waals surface area (Å²) in [6.07, 6.45) is 4.13. The highest BCUT2D eigenvalue weighted by molar-refractivity contribution is 5.19. The number of alkyl halides is 1. The molecule has 3 atom stereocenters. The third-order valence-electron chi connectivity index (χ3n) is 5.00. The summed E-state index contributed by atoms with van der Waals surface area (Å²) in [4.78, 5) is 2.59. The van der Waals surface area contributed by atoms with E-state index in [2.05, 4.69) is 18.7 Å². The number of hydrogen-bond acceptors (Lipinski definition) is 1. The van der Waals surface area contributed by atoms with Crippen LogP contribution in [0, 0.1) is 11.3 Å². The Bertz CT molecular complexity index is 265. The highest BCUT2D eigenvalue weighted by Gasteiger charge is 2.66. The zero-order valence-corrected chi connectivity index (χ0v) is 9.22. The van der Waals surface area contributed by atoms with Gasteiger partial charge in [0.15, 0.2) is 0 Å². The molecule has 0 aromatic carbocycles. The van der Waals surface area contributed by atoms with Crippen LogP contribution in [0.5, 0.6) is 0 Å². The highest BCUT2D eigenvalue weighted by atomic mass is 19.1. The average molecular weight is 197 g/mol. The maximum Gasteiger partial charge on any atom is 0.108 e. The minimum absolute atomic E-state index is 0.102. The van der Waals surface area contributed by atoms with Crippen molar-refractivity contribution in [2.24, 2.45) is 11.3 Å². The van der Waals surface area contributed by atoms with Crippen LogP contribution in [-0.2, 0) is 0 Å². The lowest BCUT2D eigenvalue weighted by Crippen LogP contribution is -2.42. The maximum absolute atomic E-state index is 13.4. The van der Waals surface area contributed by atoms with Gasteiger partial charge in [-0.2, -0.15) is 0 Å². The van der Waals surface area contributed by atoms with E-state index in [1.54, 1.807) is 0 Å². The van der Waals surface area contributed by atoms with Gasteiger partial charge >= 0.3 is 0 Å². The Kier molecular flexibility index (Phi) is 1.65. The first-order valence-electron chi connectivity index (χ1n) is 5.98. The minimum Gasteiger partial charge on any atom is -0.297 e. The van der Waals surface area contributed by atoms with Crippen molar-refractivity contribution in [2.45, 2.75) is 51.2 Å². The van der Waals surface area contributed by atoms with E-state index in [9.17, 15) is 4.39 Å². The Balaban J connectivity index is 1.89. The molecule has 1 spiro atoms. The number of fused-ring (bicyclic) bond motifs is 1. The third-order valence-corrected chi connectivity index (χ3v) is 5.00. The van der Waals surface area contributed by atoms with E-state index in [-0.39, 0.29) is 5.41 Å². The van der Waals surface area contributed by atoms with Crippen LogP contribution in [0.3, 0.4) is 0 Å². The summed E-state index contributed by atoms with van der Waals surface area (Å²) in [7, 11) is 0. The molecule has 0 aromatic rings. The van der Waals surface area contributed by atoms with E-state index < -0.39 is 6.17 Å². The Morgan fingerprint density at radius 1 is 1.43 bits per heavy atom. The molecule has 1 aliphatic carbocycles. The fourth-order valence-electron chi connectivity index (χ4n) is 3.94. The largest absolute Gasteiger partial charge is 0.297 e. The van der Waals surface area contributed by atoms with Crippen LogP contribution in [0.15, 0.2) is 0 Å². The first-order chi connectivity index (χ1) is 6.59. The van der Waals surface area contributed by atoms with Crippen LogP contribution in [-0.4, -0.2) is 29.7 Å². The number of halogens is 1. The van der Waals surface area contributed by atoms with Crippen molar-refractivity contribution in [3.63, 3.8) is 0 Å². The van der Waals surface area contributed by atoms with Crippen molar-refractivity contribution in [1.82, 2.24) is 4.90 Å². The third kappa shape index (κ3) is 0.932. The van der Waals surface area contributed by atoms with Crippen LogP contribution in [0.4, 0.5) is 4.39 Å². The topological polar surface area (TPSA) is 3.24 Å². The maximum atomic E-state index is 13.4. The van der Waals surface area contributed by atoms with Gasteiger partial charge in [0.1, 0.15) is 6.17 Å². The SMILES string of the molecule is CC(C)C12CCCN1CC1(CC1F)C2. The van der Waals surface area contributed by atoms with Gasteiger partial charge in [-0.15, -0.1) is 0 Å². The predicted octanol–water partition coefficient (Wildman–Crippen LogP) is 2.61. The summed E-state index contributed by atoms with van der Waals surface area (Å²) in [6, 6.07) is 0. The molecule has 0 N–H and O–H groups in total. The summed E-state index contributed by atoms with van der Waals surface area (Å²) in [5.74, 6) is 0.692. The van der Waals surface area contributed by atoms with Gasteiger partial charge in [0.2, 0.25) is 0 Å². The highest BCUT2D eigenvalue weighted by Crippen LogP contribution is 2.63. The lowest BCUT2D eigenvalue weighted by Gasteiger charge is -2.36. The molecule has 3 rings (SSSR count). The first kappa shape index (κ1) is 9.14. The lowest BCUT2D eigenvalue weighted by molar-refractivity contribution is 0.136. The summed E-state index contributed by atoms with van der Waals surface area (Å²) in [6.45, 7) is 6.89. The quantitative estimate of drug-likeness (QED) is 0.624. The normalized spacial score (nSPS) is 51.9. The van der Waals surface area contributed by atoms with Crippen LogP contribution in [0.1, 0.15) is 39.5 Å². The lowest BCUT2D eigenvalue weighted by atomic mass is 9.79. The molecule has 2 heterocycles. The number of nitrogens with zero attached hydrogens (tertiary/aromatic N) is 1. The van der Waals surface area contributed by atoms with Gasteiger partial charge in [-0.3, -0.25) is 4.90 Å². The first-order valence-corrected chi connectivity index (χ1v) is 5.98. The Hall–Kier alpha value is -0.110. The monoisotopic (exact) mass is 197 g/mol. The molecule has 0 aromatic heterocycles. The molecular weight excluding hydrogens is 177 g/mol. The Morgan fingerprint density at radius 3 is 2.64 bits per heavy atom. The van der Waals surface area contributed by atoms with Gasteiger partial charge in [-0.05, 0) is 38.1 Å². The number of hydrogen-bond donors (Lipinski definition) is 0. The molecule has 2 heteroatoms. The van der Waals surface area contributed by atoms with Crippen molar-refractivity contribution in [3.05, 3.63) is 0 Å². The van der Waals surface area contributed by atoms with Gasteiger partial charge in [0.25, 0.3) is 0 Å². The van der Waals surface area contributed by atoms with Gasteiger partial charge in [0.05, 0.1) is 0 Å². The predicted molar refractivity (Wildman–Crippen MR) is 54.9 cm³/mol. The molecule has 3 unspecified atom stereocenters. The van der Waals surface area contributed by atoms with Gasteiger partial charge < -0.3 is 0 Å². The van der Waals surface area contributed by atoms with E-state index >= 15 is 0 Å². The second kappa shape index (κ2) is 2.52. The van der Waals surface area contributed by atoms with Gasteiger partial charge in [0, 0.05) is 17.5 Å². The summed E-state index contributed by atoms with van der Waals surface area (Å²) >= 11 is 0. The van der Waals surface area contributed by atoms with Crippen molar-refractivity contribution >= 4 is 0 Å². The molecule has 3 fully saturated rings. The van der Waals surface area contributed by atoms with Crippen molar-refractivity contribution in [3.8, 4) is 0 Å². The van der Waals surface area contributed by atoms with E-state index in [4.69, 9.17) is 0 Å². The van der Waals surface area contributed by atoms with Gasteiger partial charge in [-0.25, -0.2) is 4.39 Å². The summed E-state index contributed by atoms with van der Waals surface area (Å²) in [5.41, 5.74) is 0.478. The van der Waals surface area contributed by atoms with Crippen LogP contribution in [0.2, 0.25) is 0 Å². The van der Waals surface area contributed by atoms with Gasteiger partial charge in [-0.1, -0.05) is 13.8 Å². The van der Waals surface area contributed by atoms with E-state index in [1.807, 2.05) is 0 Å². The molecule has 1 nitrogen and oxygen atoms in total. The Morgan fingerprint density at radius 2 is 2.14 bits per heavy atom. The molecule has 2 saturated heterocycles. The molecule has 0 amide bonds. The fraction of sp³-hybridized carbons (Fsp3) is 1.00. The second-order valence-electron chi connectivity index (χ2n) is 5.99. The van der Waals surface area contributed by atoms with Crippen molar-refractivity contribution in [2.75, 3.05) is 13.1 Å². The molecule has 0 radical (unpaired) electrons. The van der Waals surface area contributed by atoms with Crippen LogP contribution in [0.25, 0.3) is 0 Å². The van der Waals surface area contributed by atoms with Crippen molar-refractivity contribution < 1.29 is 4.39 Å². The zero-order chi connectivity index (χ0) is 9.97. The van der Waals surface area contributed by atoms with E-state index in [1.165, 1.54) is 19.4 Å². The average Bonchev–Trinajstić information content (AvgIpc) is 2.45. The summed E-state index contributed by atoms with van der Waals surface area (Å²) in [5, 5.41) is 0. The van der Waals surface area contributed by atoms with E-state index in [0.29, 0.717) is 11.5 Å². The molecular formula is C12H20FN. The van der Waals surface area contributed by atoms with Crippen LogP contribution < -0.4 is 0 Å².